The van der Waals surface area contributed by atoms with E-state index < -0.39 is 6.10 Å². The lowest BCUT2D eigenvalue weighted by Crippen LogP contribution is -2.49. The number of β-amino-alcohol motifs (C(OH)–C–C–N with tert-alkyl or cyclic N) is 1. The fraction of sp³-hybridized carbons (Fsp3) is 0.357. The number of amides is 2. The number of nitrogens with zero attached hydrogens (tertiary/aromatic N) is 6. The predicted octanol–water partition coefficient (Wildman–Crippen LogP) is 1.75. The Morgan fingerprint density at radius 1 is 1.08 bits per heavy atom. The molecule has 1 atom stereocenters. The van der Waals surface area contributed by atoms with Crippen molar-refractivity contribution < 1.29 is 14.7 Å². The van der Waals surface area contributed by atoms with Gasteiger partial charge in [-0.15, -0.1) is 0 Å². The van der Waals surface area contributed by atoms with E-state index in [0.717, 1.165) is 30.6 Å². The topological polar surface area (TPSA) is 108 Å². The number of rotatable bonds is 7. The van der Waals surface area contributed by atoms with Crippen molar-refractivity contribution in [2.45, 2.75) is 32.0 Å². The number of aliphatic hydroxyl groups is 1. The normalized spacial score (nSPS) is 16.7. The van der Waals surface area contributed by atoms with E-state index in [2.05, 4.69) is 38.5 Å². The van der Waals surface area contributed by atoms with Gasteiger partial charge in [0.1, 0.15) is 11.3 Å². The van der Waals surface area contributed by atoms with E-state index in [-0.39, 0.29) is 24.4 Å². The van der Waals surface area contributed by atoms with Gasteiger partial charge in [0.2, 0.25) is 5.91 Å². The van der Waals surface area contributed by atoms with Crippen LogP contribution in [-0.2, 0) is 17.8 Å². The summed E-state index contributed by atoms with van der Waals surface area (Å²) in [5.41, 5.74) is 5.54. The molecular weight excluding hydrogens is 482 g/mol. The van der Waals surface area contributed by atoms with Crippen molar-refractivity contribution in [3.63, 3.8) is 0 Å². The van der Waals surface area contributed by atoms with E-state index in [9.17, 15) is 14.7 Å². The average Bonchev–Trinajstić information content (AvgIpc) is 3.53. The second kappa shape index (κ2) is 10.0. The van der Waals surface area contributed by atoms with Crippen LogP contribution < -0.4 is 5.32 Å². The molecule has 1 fully saturated rings. The highest BCUT2D eigenvalue weighted by Crippen LogP contribution is 2.25. The molecule has 0 bridgehead atoms. The number of imidazole rings is 1. The first-order valence-corrected chi connectivity index (χ1v) is 13.0. The highest BCUT2D eigenvalue weighted by atomic mass is 16.3. The monoisotopic (exact) mass is 513 g/mol. The van der Waals surface area contributed by atoms with Crippen molar-refractivity contribution in [3.8, 4) is 11.1 Å². The van der Waals surface area contributed by atoms with E-state index in [4.69, 9.17) is 0 Å². The molecule has 5 heterocycles. The van der Waals surface area contributed by atoms with Crippen molar-refractivity contribution in [2.24, 2.45) is 0 Å². The zero-order valence-corrected chi connectivity index (χ0v) is 21.3. The lowest BCUT2D eigenvalue weighted by molar-refractivity contribution is -0.134. The van der Waals surface area contributed by atoms with Gasteiger partial charge >= 0.3 is 0 Å². The number of likely N-dealkylation sites (tertiary alicyclic amines) is 1. The summed E-state index contributed by atoms with van der Waals surface area (Å²) in [4.78, 5) is 32.7. The Morgan fingerprint density at radius 3 is 2.71 bits per heavy atom. The van der Waals surface area contributed by atoms with Crippen LogP contribution in [0.3, 0.4) is 0 Å². The molecular formula is C28H31N7O3. The minimum Gasteiger partial charge on any atom is -0.390 e. The lowest BCUT2D eigenvalue weighted by Gasteiger charge is -2.38. The summed E-state index contributed by atoms with van der Waals surface area (Å²) in [5.74, 6) is -0.229. The van der Waals surface area contributed by atoms with Gasteiger partial charge in [0.25, 0.3) is 5.91 Å². The summed E-state index contributed by atoms with van der Waals surface area (Å²) in [6.07, 6.45) is 7.72. The highest BCUT2D eigenvalue weighted by molar-refractivity contribution is 5.93. The summed E-state index contributed by atoms with van der Waals surface area (Å²) in [5, 5.41) is 17.8. The second-order valence-electron chi connectivity index (χ2n) is 10.2. The van der Waals surface area contributed by atoms with Gasteiger partial charge in [0.15, 0.2) is 0 Å². The Kier molecular flexibility index (Phi) is 6.42. The maximum Gasteiger partial charge on any atom is 0.271 e. The molecule has 2 aliphatic rings. The number of pyridine rings is 1. The van der Waals surface area contributed by atoms with Crippen LogP contribution in [0, 0.1) is 0 Å². The van der Waals surface area contributed by atoms with Gasteiger partial charge in [-0.3, -0.25) is 19.2 Å². The maximum atomic E-state index is 12.8. The summed E-state index contributed by atoms with van der Waals surface area (Å²) in [6.45, 7) is 5.31. The van der Waals surface area contributed by atoms with E-state index in [1.54, 1.807) is 18.0 Å². The molecule has 1 unspecified atom stereocenters. The first-order valence-electron chi connectivity index (χ1n) is 13.0. The Labute approximate surface area is 220 Å². The van der Waals surface area contributed by atoms with Gasteiger partial charge in [-0.2, -0.15) is 5.10 Å². The molecule has 196 valence electrons. The number of fused-ring (bicyclic) bond motifs is 2. The SMILES string of the molecule is CC(=O)N1CC(n2cc(-c3ccc4nc(C(=O)NCC(O)CN5CCc6ccccc6C5)cn4c3)cn2)C1. The van der Waals surface area contributed by atoms with Crippen molar-refractivity contribution in [1.82, 2.24) is 34.3 Å². The number of hydrogen-bond acceptors (Lipinski definition) is 6. The number of nitrogens with one attached hydrogen (secondary N) is 1. The minimum atomic E-state index is -0.664. The molecule has 2 N–H and O–H groups in total. The summed E-state index contributed by atoms with van der Waals surface area (Å²) in [6, 6.07) is 12.4. The molecule has 3 aromatic heterocycles. The van der Waals surface area contributed by atoms with Gasteiger partial charge in [-0.25, -0.2) is 4.98 Å². The molecule has 0 saturated carbocycles. The van der Waals surface area contributed by atoms with Crippen LogP contribution in [-0.4, -0.2) is 84.7 Å². The summed E-state index contributed by atoms with van der Waals surface area (Å²) >= 11 is 0. The maximum absolute atomic E-state index is 12.8. The third-order valence-corrected chi connectivity index (χ3v) is 7.48. The molecule has 0 spiro atoms. The molecule has 0 radical (unpaired) electrons. The van der Waals surface area contributed by atoms with Crippen LogP contribution in [0.5, 0.6) is 0 Å². The Bertz CT molecular complexity index is 1490. The molecule has 4 aromatic rings. The zero-order valence-electron chi connectivity index (χ0n) is 21.3. The fourth-order valence-corrected chi connectivity index (χ4v) is 5.21. The van der Waals surface area contributed by atoms with Crippen LogP contribution >= 0.6 is 0 Å². The smallest absolute Gasteiger partial charge is 0.271 e. The molecule has 2 aliphatic heterocycles. The molecule has 1 aromatic carbocycles. The zero-order chi connectivity index (χ0) is 26.2. The third-order valence-electron chi connectivity index (χ3n) is 7.48. The minimum absolute atomic E-state index is 0.0849. The molecule has 1 saturated heterocycles. The standard InChI is InChI=1S/C28H31N7O3/c1-19(36)33-15-24(16-33)35-14-23(10-30-35)22-6-7-27-31-26(18-34(27)13-22)28(38)29-11-25(37)17-32-9-8-20-4-2-3-5-21(20)12-32/h2-7,10,13-14,18,24-25,37H,8-9,11-12,15-17H2,1H3,(H,29,38). The Morgan fingerprint density at radius 2 is 1.89 bits per heavy atom. The van der Waals surface area contributed by atoms with Crippen molar-refractivity contribution in [1.29, 1.82) is 0 Å². The third kappa shape index (κ3) is 4.92. The number of aliphatic hydroxyl groups excluding tert-OH is 1. The quantitative estimate of drug-likeness (QED) is 0.390. The summed E-state index contributed by atoms with van der Waals surface area (Å²) in [7, 11) is 0. The molecule has 2 amide bonds. The van der Waals surface area contributed by atoms with Crippen LogP contribution in [0.2, 0.25) is 0 Å². The second-order valence-corrected chi connectivity index (χ2v) is 10.2. The van der Waals surface area contributed by atoms with Crippen LogP contribution in [0.4, 0.5) is 0 Å². The number of aromatic nitrogens is 4. The van der Waals surface area contributed by atoms with Gasteiger partial charge in [-0.1, -0.05) is 24.3 Å². The largest absolute Gasteiger partial charge is 0.390 e. The number of carbonyl (C=O) groups excluding carboxylic acids is 2. The molecule has 38 heavy (non-hydrogen) atoms. The van der Waals surface area contributed by atoms with E-state index in [1.807, 2.05) is 45.9 Å². The van der Waals surface area contributed by atoms with Crippen molar-refractivity contribution >= 4 is 17.5 Å². The van der Waals surface area contributed by atoms with E-state index in [1.165, 1.54) is 11.1 Å². The summed E-state index contributed by atoms with van der Waals surface area (Å²) < 4.78 is 3.73. The van der Waals surface area contributed by atoms with Gasteiger partial charge in [0, 0.05) is 75.9 Å². The highest BCUT2D eigenvalue weighted by Gasteiger charge is 2.30. The van der Waals surface area contributed by atoms with Gasteiger partial charge in [0.05, 0.1) is 18.3 Å². The van der Waals surface area contributed by atoms with Crippen molar-refractivity contribution in [3.05, 3.63) is 78.0 Å². The number of hydrogen-bond donors (Lipinski definition) is 2. The predicted molar refractivity (Wildman–Crippen MR) is 141 cm³/mol. The fourth-order valence-electron chi connectivity index (χ4n) is 5.21. The van der Waals surface area contributed by atoms with Gasteiger partial charge < -0.3 is 19.7 Å². The lowest BCUT2D eigenvalue weighted by atomic mass is 10.00. The van der Waals surface area contributed by atoms with E-state index >= 15 is 0 Å². The Balaban J connectivity index is 1.05. The average molecular weight is 514 g/mol. The molecule has 0 aliphatic carbocycles. The molecule has 10 nitrogen and oxygen atoms in total. The van der Waals surface area contributed by atoms with Crippen LogP contribution in [0.15, 0.2) is 61.2 Å². The molecule has 6 rings (SSSR count). The van der Waals surface area contributed by atoms with E-state index in [0.29, 0.717) is 31.0 Å². The Hall–Kier alpha value is -4.02. The van der Waals surface area contributed by atoms with Crippen molar-refractivity contribution in [2.75, 3.05) is 32.7 Å². The number of carbonyl (C=O) groups is 2. The number of benzene rings is 1. The van der Waals surface area contributed by atoms with Gasteiger partial charge in [-0.05, 0) is 29.7 Å². The van der Waals surface area contributed by atoms with Crippen LogP contribution in [0.25, 0.3) is 16.8 Å². The molecule has 10 heteroatoms. The first-order chi connectivity index (χ1) is 18.4. The first kappa shape index (κ1) is 24.3. The van der Waals surface area contributed by atoms with Crippen LogP contribution in [0.1, 0.15) is 34.6 Å².